The number of aryl methyl sites for hydroxylation is 1. The van der Waals surface area contributed by atoms with E-state index >= 15 is 0 Å². The van der Waals surface area contributed by atoms with Gasteiger partial charge < -0.3 is 24.7 Å². The number of carbonyl (C=O) groups is 1. The molecular weight excluding hydrogens is 375 g/mol. The molecule has 2 N–H and O–H groups in total. The monoisotopic (exact) mass is 396 g/mol. The molecule has 29 heavy (non-hydrogen) atoms. The summed E-state index contributed by atoms with van der Waals surface area (Å²) in [7, 11) is 1.82. The maximum absolute atomic E-state index is 13.8. The Bertz CT molecular complexity index is 1040. The predicted molar refractivity (Wildman–Crippen MR) is 104 cm³/mol. The molecule has 3 aromatic rings. The molecule has 1 aliphatic rings. The zero-order chi connectivity index (χ0) is 20.4. The Morgan fingerprint density at radius 3 is 2.72 bits per heavy atom. The lowest BCUT2D eigenvalue weighted by Gasteiger charge is -2.22. The van der Waals surface area contributed by atoms with Crippen molar-refractivity contribution in [2.24, 2.45) is 7.05 Å². The minimum absolute atomic E-state index is 0.195. The van der Waals surface area contributed by atoms with Crippen LogP contribution >= 0.6 is 0 Å². The second kappa shape index (κ2) is 7.83. The first-order chi connectivity index (χ1) is 14.0. The first-order valence-electron chi connectivity index (χ1n) is 9.20. The first kappa shape index (κ1) is 18.8. The van der Waals surface area contributed by atoms with Gasteiger partial charge in [-0.3, -0.25) is 0 Å². The third-order valence-corrected chi connectivity index (χ3v) is 4.82. The van der Waals surface area contributed by atoms with E-state index in [0.717, 1.165) is 5.56 Å². The van der Waals surface area contributed by atoms with Crippen molar-refractivity contribution >= 4 is 6.03 Å². The smallest absolute Gasteiger partial charge is 0.316 e. The number of nitrogens with one attached hydrogen (secondary N) is 2. The first-order valence-corrected chi connectivity index (χ1v) is 9.20. The molecule has 0 fully saturated rings. The molecule has 2 atom stereocenters. The van der Waals surface area contributed by atoms with Crippen molar-refractivity contribution in [2.45, 2.75) is 19.0 Å². The predicted octanol–water partition coefficient (Wildman–Crippen LogP) is 3.44. The van der Waals surface area contributed by atoms with Crippen LogP contribution in [0.25, 0.3) is 0 Å². The van der Waals surface area contributed by atoms with E-state index in [1.54, 1.807) is 29.1 Å². The van der Waals surface area contributed by atoms with E-state index in [1.807, 2.05) is 32.2 Å². The molecule has 4 rings (SSSR count). The molecule has 0 bridgehead atoms. The molecule has 0 unspecified atom stereocenters. The summed E-state index contributed by atoms with van der Waals surface area (Å²) in [5.41, 5.74) is 1.48. The van der Waals surface area contributed by atoms with Gasteiger partial charge >= 0.3 is 6.03 Å². The van der Waals surface area contributed by atoms with Gasteiger partial charge in [-0.1, -0.05) is 18.2 Å². The third kappa shape index (κ3) is 4.01. The summed E-state index contributed by atoms with van der Waals surface area (Å²) in [5.74, 6) is 1.56. The second-order valence-corrected chi connectivity index (χ2v) is 6.84. The average molecular weight is 396 g/mol. The molecule has 150 valence electrons. The van der Waals surface area contributed by atoms with Crippen LogP contribution in [-0.4, -0.2) is 22.4 Å². The number of imidazole rings is 1. The lowest BCUT2D eigenvalue weighted by molar-refractivity contribution is 0.174. The maximum Gasteiger partial charge on any atom is 0.316 e. The lowest BCUT2D eigenvalue weighted by atomic mass is 10.1. The SMILES string of the molecule is C[C@H](NC(=O)N[C@@H](c1cccc(F)c1)c1nccn1C)c1ccc2c(c1)OCO2. The van der Waals surface area contributed by atoms with Crippen LogP contribution in [-0.2, 0) is 7.05 Å². The van der Waals surface area contributed by atoms with Crippen molar-refractivity contribution in [3.63, 3.8) is 0 Å². The lowest BCUT2D eigenvalue weighted by Crippen LogP contribution is -2.40. The molecular formula is C21H21FN4O3. The molecule has 2 amide bonds. The molecule has 8 heteroatoms. The minimum Gasteiger partial charge on any atom is -0.454 e. The second-order valence-electron chi connectivity index (χ2n) is 6.84. The molecule has 2 heterocycles. The fraction of sp³-hybridized carbons (Fsp3) is 0.238. The Morgan fingerprint density at radius 1 is 1.14 bits per heavy atom. The summed E-state index contributed by atoms with van der Waals surface area (Å²) in [6, 6.07) is 10.4. The van der Waals surface area contributed by atoms with Crippen LogP contribution in [0.3, 0.4) is 0 Å². The molecule has 2 aromatic carbocycles. The number of ether oxygens (including phenoxy) is 2. The number of halogens is 1. The quantitative estimate of drug-likeness (QED) is 0.693. The summed E-state index contributed by atoms with van der Waals surface area (Å²) in [5, 5.41) is 5.81. The molecule has 1 aromatic heterocycles. The van der Waals surface area contributed by atoms with Crippen LogP contribution in [0.1, 0.15) is 36.0 Å². The Balaban J connectivity index is 1.51. The highest BCUT2D eigenvalue weighted by atomic mass is 19.1. The molecule has 7 nitrogen and oxygen atoms in total. The number of fused-ring (bicyclic) bond motifs is 1. The van der Waals surface area contributed by atoms with Crippen molar-refractivity contribution < 1.29 is 18.7 Å². The van der Waals surface area contributed by atoms with Crippen molar-refractivity contribution in [3.05, 3.63) is 77.6 Å². The van der Waals surface area contributed by atoms with Crippen LogP contribution in [0.15, 0.2) is 54.9 Å². The van der Waals surface area contributed by atoms with Gasteiger partial charge in [0, 0.05) is 19.4 Å². The van der Waals surface area contributed by atoms with Gasteiger partial charge in [-0.25, -0.2) is 14.2 Å². The van der Waals surface area contributed by atoms with Gasteiger partial charge in [0.05, 0.1) is 6.04 Å². The van der Waals surface area contributed by atoms with Gasteiger partial charge in [0.1, 0.15) is 17.7 Å². The summed E-state index contributed by atoms with van der Waals surface area (Å²) >= 11 is 0. The Kier molecular flexibility index (Phi) is 5.07. The van der Waals surface area contributed by atoms with Gasteiger partial charge in [-0.05, 0) is 42.3 Å². The van der Waals surface area contributed by atoms with Crippen LogP contribution < -0.4 is 20.1 Å². The summed E-state index contributed by atoms with van der Waals surface area (Å²) in [6.45, 7) is 2.06. The topological polar surface area (TPSA) is 77.4 Å². The Morgan fingerprint density at radius 2 is 1.97 bits per heavy atom. The van der Waals surface area contributed by atoms with Gasteiger partial charge in [0.2, 0.25) is 6.79 Å². The normalized spacial score (nSPS) is 14.3. The molecule has 1 aliphatic heterocycles. The Labute approximate surface area is 167 Å². The summed E-state index contributed by atoms with van der Waals surface area (Å²) in [4.78, 5) is 17.0. The highest BCUT2D eigenvalue weighted by Gasteiger charge is 2.23. The van der Waals surface area contributed by atoms with E-state index in [9.17, 15) is 9.18 Å². The van der Waals surface area contributed by atoms with Gasteiger partial charge in [0.15, 0.2) is 11.5 Å². The van der Waals surface area contributed by atoms with Crippen LogP contribution in [0, 0.1) is 5.82 Å². The third-order valence-electron chi connectivity index (χ3n) is 4.82. The largest absolute Gasteiger partial charge is 0.454 e. The van der Waals surface area contributed by atoms with Gasteiger partial charge in [-0.15, -0.1) is 0 Å². The fourth-order valence-corrected chi connectivity index (χ4v) is 3.27. The molecule has 0 saturated carbocycles. The summed E-state index contributed by atoms with van der Waals surface area (Å²) in [6.07, 6.45) is 3.41. The van der Waals surface area contributed by atoms with Crippen molar-refractivity contribution in [3.8, 4) is 11.5 Å². The highest BCUT2D eigenvalue weighted by molar-refractivity contribution is 5.75. The van der Waals surface area contributed by atoms with E-state index < -0.39 is 12.1 Å². The van der Waals surface area contributed by atoms with Crippen molar-refractivity contribution in [1.82, 2.24) is 20.2 Å². The number of benzene rings is 2. The van der Waals surface area contributed by atoms with Gasteiger partial charge in [-0.2, -0.15) is 0 Å². The number of amides is 2. The maximum atomic E-state index is 13.8. The fourth-order valence-electron chi connectivity index (χ4n) is 3.27. The average Bonchev–Trinajstić information content (AvgIpc) is 3.34. The molecule has 0 aliphatic carbocycles. The number of aromatic nitrogens is 2. The number of nitrogens with zero attached hydrogens (tertiary/aromatic N) is 2. The zero-order valence-electron chi connectivity index (χ0n) is 16.1. The van der Waals surface area contributed by atoms with E-state index in [1.165, 1.54) is 12.1 Å². The van der Waals surface area contributed by atoms with Crippen molar-refractivity contribution in [2.75, 3.05) is 6.79 Å². The minimum atomic E-state index is -0.602. The number of urea groups is 1. The highest BCUT2D eigenvalue weighted by Crippen LogP contribution is 2.34. The summed E-state index contributed by atoms with van der Waals surface area (Å²) < 4.78 is 26.3. The molecule has 0 spiro atoms. The number of hydrogen-bond acceptors (Lipinski definition) is 4. The molecule has 0 saturated heterocycles. The van der Waals surface area contributed by atoms with E-state index in [4.69, 9.17) is 9.47 Å². The van der Waals surface area contributed by atoms with Crippen molar-refractivity contribution in [1.29, 1.82) is 0 Å². The number of carbonyl (C=O) groups excluding carboxylic acids is 1. The van der Waals surface area contributed by atoms with Gasteiger partial charge in [0.25, 0.3) is 0 Å². The Hall–Kier alpha value is -3.55. The standard InChI is InChI=1S/C21H21FN4O3/c1-13(14-6-7-17-18(11-14)29-12-28-17)24-21(27)25-19(20-23-8-9-26(20)2)15-4-3-5-16(22)10-15/h3-11,13,19H,12H2,1-2H3,(H2,24,25,27)/t13-,19-/m0/s1. The molecule has 0 radical (unpaired) electrons. The van der Waals surface area contributed by atoms with Crippen LogP contribution in [0.4, 0.5) is 9.18 Å². The van der Waals surface area contributed by atoms with Crippen LogP contribution in [0.5, 0.6) is 11.5 Å². The van der Waals surface area contributed by atoms with E-state index in [-0.39, 0.29) is 18.7 Å². The van der Waals surface area contributed by atoms with E-state index in [0.29, 0.717) is 22.9 Å². The zero-order valence-corrected chi connectivity index (χ0v) is 16.1. The van der Waals surface area contributed by atoms with E-state index in [2.05, 4.69) is 15.6 Å². The van der Waals surface area contributed by atoms with Crippen LogP contribution in [0.2, 0.25) is 0 Å². The number of hydrogen-bond donors (Lipinski definition) is 2. The number of rotatable bonds is 5.